The van der Waals surface area contributed by atoms with E-state index in [0.717, 1.165) is 12.0 Å². The highest BCUT2D eigenvalue weighted by Gasteiger charge is 1.99. The number of nitrogens with zero attached hydrogens (tertiary/aromatic N) is 1. The molecule has 0 spiro atoms. The first-order valence-electron chi connectivity index (χ1n) is 3.82. The van der Waals surface area contributed by atoms with Gasteiger partial charge in [0.1, 0.15) is 5.82 Å². The summed E-state index contributed by atoms with van der Waals surface area (Å²) in [5, 5.41) is 11.6. The van der Waals surface area contributed by atoms with Crippen LogP contribution in [0.15, 0.2) is 30.8 Å². The van der Waals surface area contributed by atoms with Gasteiger partial charge in [-0.05, 0) is 24.6 Å². The van der Waals surface area contributed by atoms with E-state index in [2.05, 4.69) is 16.9 Å². The minimum Gasteiger partial charge on any atom is -0.495 e. The number of aryl methyl sites for hydroxylation is 1. The lowest BCUT2D eigenvalue weighted by atomic mass is 10.2. The topological polar surface area (TPSA) is 45.1 Å². The third-order valence-corrected chi connectivity index (χ3v) is 1.53. The fraction of sp³-hybridized carbons (Fsp3) is 0.222. The predicted molar refractivity (Wildman–Crippen MR) is 49.0 cm³/mol. The molecule has 12 heavy (non-hydrogen) atoms. The van der Waals surface area contributed by atoms with Crippen LogP contribution in [0.4, 0.5) is 5.82 Å². The van der Waals surface area contributed by atoms with Crippen LogP contribution in [0, 0.1) is 0 Å². The summed E-state index contributed by atoms with van der Waals surface area (Å²) in [5.41, 5.74) is 1.06. The van der Waals surface area contributed by atoms with Crippen LogP contribution < -0.4 is 5.32 Å². The lowest BCUT2D eigenvalue weighted by molar-refractivity contribution is 0.421. The number of pyridine rings is 1. The van der Waals surface area contributed by atoms with Crippen molar-refractivity contribution in [2.45, 2.75) is 13.3 Å². The van der Waals surface area contributed by atoms with Crippen molar-refractivity contribution in [3.05, 3.63) is 36.4 Å². The highest BCUT2D eigenvalue weighted by atomic mass is 16.3. The fourth-order valence-electron chi connectivity index (χ4n) is 0.973. The second kappa shape index (κ2) is 3.76. The largest absolute Gasteiger partial charge is 0.495 e. The Labute approximate surface area is 71.8 Å². The van der Waals surface area contributed by atoms with E-state index in [-0.39, 0.29) is 5.88 Å². The Morgan fingerprint density at radius 2 is 2.50 bits per heavy atom. The Hall–Kier alpha value is -1.51. The molecular weight excluding hydrogens is 152 g/mol. The lowest BCUT2D eigenvalue weighted by Gasteiger charge is -2.06. The van der Waals surface area contributed by atoms with Crippen molar-refractivity contribution in [1.82, 2.24) is 4.98 Å². The Morgan fingerprint density at radius 1 is 1.75 bits per heavy atom. The smallest absolute Gasteiger partial charge is 0.182 e. The maximum atomic E-state index is 8.88. The summed E-state index contributed by atoms with van der Waals surface area (Å²) in [5.74, 6) is 0.593. The van der Waals surface area contributed by atoms with Gasteiger partial charge in [0.05, 0.1) is 0 Å². The standard InChI is InChI=1S/C9H12N2O/c1-3-8-5-4-6-10-9(8)11-7(2)12/h4-6,12H,2-3H2,1H3,(H,10,11). The monoisotopic (exact) mass is 164 g/mol. The number of aliphatic hydroxyl groups excluding tert-OH is 1. The minimum atomic E-state index is -0.0802. The number of aromatic nitrogens is 1. The Kier molecular flexibility index (Phi) is 2.69. The van der Waals surface area contributed by atoms with Gasteiger partial charge in [0, 0.05) is 6.20 Å². The zero-order valence-electron chi connectivity index (χ0n) is 7.04. The Morgan fingerprint density at radius 3 is 3.08 bits per heavy atom. The van der Waals surface area contributed by atoms with Crippen LogP contribution in [-0.4, -0.2) is 10.1 Å². The van der Waals surface area contributed by atoms with E-state index in [4.69, 9.17) is 5.11 Å². The van der Waals surface area contributed by atoms with Crippen LogP contribution in [0.25, 0.3) is 0 Å². The maximum absolute atomic E-state index is 8.88. The molecule has 0 fully saturated rings. The molecule has 0 amide bonds. The van der Waals surface area contributed by atoms with Crippen molar-refractivity contribution in [3.63, 3.8) is 0 Å². The first-order chi connectivity index (χ1) is 5.74. The van der Waals surface area contributed by atoms with Crippen LogP contribution in [0.2, 0.25) is 0 Å². The summed E-state index contributed by atoms with van der Waals surface area (Å²) >= 11 is 0. The molecule has 0 radical (unpaired) electrons. The van der Waals surface area contributed by atoms with Crippen LogP contribution in [-0.2, 0) is 6.42 Å². The number of rotatable bonds is 3. The van der Waals surface area contributed by atoms with Crippen LogP contribution in [0.3, 0.4) is 0 Å². The lowest BCUT2D eigenvalue weighted by Crippen LogP contribution is -2.01. The van der Waals surface area contributed by atoms with E-state index in [1.807, 2.05) is 19.1 Å². The van der Waals surface area contributed by atoms with Gasteiger partial charge in [-0.25, -0.2) is 4.98 Å². The number of hydrogen-bond donors (Lipinski definition) is 2. The van der Waals surface area contributed by atoms with Crippen molar-refractivity contribution in [2.75, 3.05) is 5.32 Å². The van der Waals surface area contributed by atoms with Gasteiger partial charge >= 0.3 is 0 Å². The van der Waals surface area contributed by atoms with Gasteiger partial charge in [-0.15, -0.1) is 0 Å². The van der Waals surface area contributed by atoms with Crippen molar-refractivity contribution in [1.29, 1.82) is 0 Å². The average molecular weight is 164 g/mol. The molecule has 1 heterocycles. The molecule has 0 saturated carbocycles. The van der Waals surface area contributed by atoms with Crippen LogP contribution in [0.5, 0.6) is 0 Å². The van der Waals surface area contributed by atoms with Crippen molar-refractivity contribution < 1.29 is 5.11 Å². The molecule has 64 valence electrons. The van der Waals surface area contributed by atoms with Gasteiger partial charge < -0.3 is 10.4 Å². The minimum absolute atomic E-state index is 0.0802. The third kappa shape index (κ3) is 1.99. The van der Waals surface area contributed by atoms with Gasteiger partial charge in [0.25, 0.3) is 0 Å². The number of hydrogen-bond acceptors (Lipinski definition) is 3. The first kappa shape index (κ1) is 8.59. The van der Waals surface area contributed by atoms with E-state index in [1.165, 1.54) is 0 Å². The molecule has 0 aliphatic carbocycles. The van der Waals surface area contributed by atoms with E-state index >= 15 is 0 Å². The molecule has 0 saturated heterocycles. The van der Waals surface area contributed by atoms with E-state index in [0.29, 0.717) is 5.82 Å². The highest BCUT2D eigenvalue weighted by Crippen LogP contribution is 2.12. The molecule has 1 rings (SSSR count). The zero-order valence-corrected chi connectivity index (χ0v) is 7.04. The fourth-order valence-corrected chi connectivity index (χ4v) is 0.973. The van der Waals surface area contributed by atoms with Gasteiger partial charge in [-0.3, -0.25) is 0 Å². The van der Waals surface area contributed by atoms with Crippen molar-refractivity contribution in [2.24, 2.45) is 0 Å². The Balaban J connectivity index is 2.89. The second-order valence-electron chi connectivity index (χ2n) is 2.44. The van der Waals surface area contributed by atoms with Crippen molar-refractivity contribution >= 4 is 5.82 Å². The molecule has 0 atom stereocenters. The molecule has 0 aliphatic heterocycles. The van der Waals surface area contributed by atoms with Gasteiger partial charge in [-0.2, -0.15) is 0 Å². The number of anilines is 1. The number of aliphatic hydroxyl groups is 1. The molecule has 1 aromatic heterocycles. The first-order valence-corrected chi connectivity index (χ1v) is 3.82. The second-order valence-corrected chi connectivity index (χ2v) is 2.44. The summed E-state index contributed by atoms with van der Waals surface area (Å²) in [6, 6.07) is 3.82. The molecule has 0 aromatic carbocycles. The molecular formula is C9H12N2O. The van der Waals surface area contributed by atoms with E-state index in [1.54, 1.807) is 6.20 Å². The molecule has 3 nitrogen and oxygen atoms in total. The van der Waals surface area contributed by atoms with Crippen molar-refractivity contribution in [3.8, 4) is 0 Å². The maximum Gasteiger partial charge on any atom is 0.182 e. The van der Waals surface area contributed by atoms with E-state index < -0.39 is 0 Å². The van der Waals surface area contributed by atoms with Gasteiger partial charge in [-0.1, -0.05) is 13.0 Å². The quantitative estimate of drug-likeness (QED) is 0.672. The van der Waals surface area contributed by atoms with Gasteiger partial charge in [0.15, 0.2) is 5.88 Å². The molecule has 1 aromatic rings. The SMILES string of the molecule is C=C(O)Nc1ncccc1CC. The normalized spacial score (nSPS) is 9.42. The summed E-state index contributed by atoms with van der Waals surface area (Å²) in [6.07, 6.45) is 2.55. The summed E-state index contributed by atoms with van der Waals surface area (Å²) in [6.45, 7) is 5.36. The molecule has 2 N–H and O–H groups in total. The molecule has 0 aliphatic rings. The molecule has 0 bridgehead atoms. The Bertz CT molecular complexity index is 284. The summed E-state index contributed by atoms with van der Waals surface area (Å²) in [7, 11) is 0. The van der Waals surface area contributed by atoms with Crippen LogP contribution in [0.1, 0.15) is 12.5 Å². The van der Waals surface area contributed by atoms with Gasteiger partial charge in [0.2, 0.25) is 0 Å². The predicted octanol–water partition coefficient (Wildman–Crippen LogP) is 2.09. The third-order valence-electron chi connectivity index (χ3n) is 1.53. The average Bonchev–Trinajstić information content (AvgIpc) is 2.04. The zero-order chi connectivity index (χ0) is 8.97. The number of nitrogens with one attached hydrogen (secondary N) is 1. The summed E-state index contributed by atoms with van der Waals surface area (Å²) < 4.78 is 0. The highest BCUT2D eigenvalue weighted by molar-refractivity contribution is 5.46. The van der Waals surface area contributed by atoms with Crippen LogP contribution >= 0.6 is 0 Å². The molecule has 0 unspecified atom stereocenters. The van der Waals surface area contributed by atoms with E-state index in [9.17, 15) is 0 Å². The molecule has 3 heteroatoms. The summed E-state index contributed by atoms with van der Waals surface area (Å²) in [4.78, 5) is 4.06.